The van der Waals surface area contributed by atoms with Crippen molar-refractivity contribution in [1.29, 1.82) is 0 Å². The summed E-state index contributed by atoms with van der Waals surface area (Å²) in [7, 11) is 0. The predicted molar refractivity (Wildman–Crippen MR) is 56.9 cm³/mol. The minimum Gasteiger partial charge on any atom is -0.465 e. The Morgan fingerprint density at radius 2 is 2.00 bits per heavy atom. The number of rotatable bonds is 2. The second-order valence-corrected chi connectivity index (χ2v) is 3.91. The van der Waals surface area contributed by atoms with E-state index >= 15 is 0 Å². The van der Waals surface area contributed by atoms with E-state index in [1.807, 2.05) is 0 Å². The minimum atomic E-state index is -1.09. The fraction of sp³-hybridized carbons (Fsp3) is 0.0909. The van der Waals surface area contributed by atoms with Crippen LogP contribution in [0.3, 0.4) is 0 Å². The van der Waals surface area contributed by atoms with Crippen LogP contribution in [0.2, 0.25) is 0 Å². The van der Waals surface area contributed by atoms with Crippen LogP contribution in [-0.2, 0) is 0 Å². The Labute approximate surface area is 94.5 Å². The first-order chi connectivity index (χ1) is 7.20. The zero-order chi connectivity index (χ0) is 10.8. The number of halogens is 2. The van der Waals surface area contributed by atoms with Gasteiger partial charge in [0, 0.05) is 5.56 Å². The Balaban J connectivity index is 2.41. The lowest BCUT2D eigenvalue weighted by atomic mass is 10.1. The number of hydrogen-bond acceptors (Lipinski definition) is 2. The van der Waals surface area contributed by atoms with Gasteiger partial charge >= 0.3 is 0 Å². The summed E-state index contributed by atoms with van der Waals surface area (Å²) in [5.41, 5.74) is 0.202. The summed E-state index contributed by atoms with van der Waals surface area (Å²) in [6.07, 6.45) is 0.347. The van der Waals surface area contributed by atoms with Crippen LogP contribution in [0.5, 0.6) is 0 Å². The molecule has 0 spiro atoms. The number of aliphatic hydroxyl groups is 1. The van der Waals surface area contributed by atoms with Crippen molar-refractivity contribution in [3.63, 3.8) is 0 Å². The Hall–Kier alpha value is -1.13. The van der Waals surface area contributed by atoms with Gasteiger partial charge < -0.3 is 9.52 Å². The number of hydrogen-bond donors (Lipinski definition) is 1. The molecule has 0 saturated heterocycles. The molecule has 0 amide bonds. The maximum Gasteiger partial charge on any atom is 0.151 e. The molecule has 2 aromatic rings. The molecule has 4 heteroatoms. The molecule has 1 unspecified atom stereocenters. The lowest BCUT2D eigenvalue weighted by molar-refractivity contribution is 0.183. The summed E-state index contributed by atoms with van der Waals surface area (Å²) < 4.78 is 19.0. The van der Waals surface area contributed by atoms with Gasteiger partial charge in [-0.25, -0.2) is 4.39 Å². The van der Waals surface area contributed by atoms with Crippen molar-refractivity contribution >= 4 is 15.9 Å². The number of benzene rings is 1. The normalized spacial score (nSPS) is 12.7. The molecule has 2 rings (SSSR count). The van der Waals surface area contributed by atoms with E-state index in [0.29, 0.717) is 10.2 Å². The Bertz CT molecular complexity index is 467. The molecule has 1 N–H and O–H groups in total. The van der Waals surface area contributed by atoms with Gasteiger partial charge in [0.05, 0.1) is 10.7 Å². The van der Waals surface area contributed by atoms with E-state index in [2.05, 4.69) is 15.9 Å². The van der Waals surface area contributed by atoms with E-state index in [-0.39, 0.29) is 5.56 Å². The molecule has 0 bridgehead atoms. The van der Waals surface area contributed by atoms with Gasteiger partial charge in [0.1, 0.15) is 11.9 Å². The molecule has 0 aliphatic rings. The lowest BCUT2D eigenvalue weighted by Crippen LogP contribution is -2.01. The van der Waals surface area contributed by atoms with Crippen molar-refractivity contribution in [3.8, 4) is 0 Å². The quantitative estimate of drug-likeness (QED) is 0.909. The molecule has 0 aliphatic heterocycles. The van der Waals surface area contributed by atoms with E-state index in [4.69, 9.17) is 4.42 Å². The largest absolute Gasteiger partial charge is 0.465 e. The van der Waals surface area contributed by atoms with Crippen molar-refractivity contribution in [2.75, 3.05) is 0 Å². The molecule has 15 heavy (non-hydrogen) atoms. The first-order valence-corrected chi connectivity index (χ1v) is 5.15. The fourth-order valence-corrected chi connectivity index (χ4v) is 1.76. The van der Waals surface area contributed by atoms with Crippen LogP contribution in [-0.4, -0.2) is 5.11 Å². The van der Waals surface area contributed by atoms with E-state index < -0.39 is 11.9 Å². The highest BCUT2D eigenvalue weighted by Crippen LogP contribution is 2.30. The standard InChI is InChI=1S/C11H8BrFO2/c12-8-5-6-15-11(8)10(14)7-3-1-2-4-9(7)13/h1-6,10,14H. The molecule has 0 saturated carbocycles. The molecule has 0 aliphatic carbocycles. The summed E-state index contributed by atoms with van der Waals surface area (Å²) in [5.74, 6) is -0.145. The second-order valence-electron chi connectivity index (χ2n) is 3.06. The van der Waals surface area contributed by atoms with Gasteiger partial charge in [-0.3, -0.25) is 0 Å². The number of aliphatic hydroxyl groups excluding tert-OH is 1. The van der Waals surface area contributed by atoms with Gasteiger partial charge in [-0.05, 0) is 28.1 Å². The van der Waals surface area contributed by atoms with Gasteiger partial charge in [-0.1, -0.05) is 18.2 Å². The van der Waals surface area contributed by atoms with Crippen LogP contribution in [0.25, 0.3) is 0 Å². The Kier molecular flexibility index (Phi) is 2.88. The summed E-state index contributed by atoms with van der Waals surface area (Å²) in [4.78, 5) is 0. The van der Waals surface area contributed by atoms with E-state index in [1.165, 1.54) is 18.4 Å². The van der Waals surface area contributed by atoms with Crippen molar-refractivity contribution in [2.45, 2.75) is 6.10 Å². The van der Waals surface area contributed by atoms with Crippen LogP contribution in [0, 0.1) is 5.82 Å². The van der Waals surface area contributed by atoms with Crippen molar-refractivity contribution in [2.24, 2.45) is 0 Å². The molecule has 0 fully saturated rings. The molecule has 1 atom stereocenters. The predicted octanol–water partition coefficient (Wildman–Crippen LogP) is 3.26. The van der Waals surface area contributed by atoms with Gasteiger partial charge in [0.15, 0.2) is 5.76 Å². The summed E-state index contributed by atoms with van der Waals surface area (Å²) >= 11 is 3.21. The lowest BCUT2D eigenvalue weighted by Gasteiger charge is -2.09. The van der Waals surface area contributed by atoms with Crippen LogP contribution < -0.4 is 0 Å². The van der Waals surface area contributed by atoms with Gasteiger partial charge in [0.2, 0.25) is 0 Å². The first kappa shape index (κ1) is 10.4. The molecule has 1 heterocycles. The molecule has 1 aromatic carbocycles. The van der Waals surface area contributed by atoms with Crippen LogP contribution in [0.1, 0.15) is 17.4 Å². The third-order valence-electron chi connectivity index (χ3n) is 2.09. The average molecular weight is 271 g/mol. The zero-order valence-corrected chi connectivity index (χ0v) is 9.24. The third-order valence-corrected chi connectivity index (χ3v) is 2.75. The fourth-order valence-electron chi connectivity index (χ4n) is 1.34. The molecule has 2 nitrogen and oxygen atoms in total. The van der Waals surface area contributed by atoms with Crippen molar-refractivity contribution in [3.05, 3.63) is 58.2 Å². The van der Waals surface area contributed by atoms with Crippen LogP contribution in [0.4, 0.5) is 4.39 Å². The highest BCUT2D eigenvalue weighted by Gasteiger charge is 2.19. The highest BCUT2D eigenvalue weighted by atomic mass is 79.9. The molecule has 0 radical (unpaired) electrons. The van der Waals surface area contributed by atoms with Gasteiger partial charge in [-0.2, -0.15) is 0 Å². The Morgan fingerprint density at radius 3 is 2.60 bits per heavy atom. The van der Waals surface area contributed by atoms with E-state index in [0.717, 1.165) is 0 Å². The van der Waals surface area contributed by atoms with Crippen LogP contribution >= 0.6 is 15.9 Å². The SMILES string of the molecule is OC(c1ccccc1F)c1occc1Br. The summed E-state index contributed by atoms with van der Waals surface area (Å²) in [6, 6.07) is 7.71. The van der Waals surface area contributed by atoms with E-state index in [9.17, 15) is 9.50 Å². The van der Waals surface area contributed by atoms with Crippen LogP contribution in [0.15, 0.2) is 45.5 Å². The minimum absolute atomic E-state index is 0.202. The number of furan rings is 1. The maximum absolute atomic E-state index is 13.3. The zero-order valence-electron chi connectivity index (χ0n) is 7.65. The highest BCUT2D eigenvalue weighted by molar-refractivity contribution is 9.10. The van der Waals surface area contributed by atoms with Crippen molar-refractivity contribution in [1.82, 2.24) is 0 Å². The first-order valence-electron chi connectivity index (χ1n) is 4.35. The summed E-state index contributed by atoms with van der Waals surface area (Å²) in [6.45, 7) is 0. The molecule has 1 aromatic heterocycles. The third kappa shape index (κ3) is 1.96. The second kappa shape index (κ2) is 4.16. The smallest absolute Gasteiger partial charge is 0.151 e. The van der Waals surface area contributed by atoms with E-state index in [1.54, 1.807) is 18.2 Å². The van der Waals surface area contributed by atoms with Gasteiger partial charge in [-0.15, -0.1) is 0 Å². The van der Waals surface area contributed by atoms with Gasteiger partial charge in [0.25, 0.3) is 0 Å². The average Bonchev–Trinajstić information content (AvgIpc) is 2.64. The molecule has 78 valence electrons. The monoisotopic (exact) mass is 270 g/mol. The van der Waals surface area contributed by atoms with Crippen molar-refractivity contribution < 1.29 is 13.9 Å². The molecular formula is C11H8BrFO2. The topological polar surface area (TPSA) is 33.4 Å². The molecular weight excluding hydrogens is 263 g/mol. The maximum atomic E-state index is 13.3. The Morgan fingerprint density at radius 1 is 1.27 bits per heavy atom. The summed E-state index contributed by atoms with van der Waals surface area (Å²) in [5, 5.41) is 9.88.